The maximum Gasteiger partial charge on any atom is 0.205 e. The largest absolute Gasteiger partial charge is 0.353 e. The van der Waals surface area contributed by atoms with Gasteiger partial charge in [0.1, 0.15) is 0 Å². The van der Waals surface area contributed by atoms with E-state index in [1.54, 1.807) is 0 Å². The molecule has 0 bridgehead atoms. The third-order valence-electron chi connectivity index (χ3n) is 3.62. The molecule has 4 N–H and O–H groups in total. The first-order chi connectivity index (χ1) is 8.30. The number of guanidine groups is 1. The van der Waals surface area contributed by atoms with E-state index in [-0.39, 0.29) is 0 Å². The molecule has 1 fully saturated rings. The van der Waals surface area contributed by atoms with Gasteiger partial charge in [-0.3, -0.25) is 10.4 Å². The van der Waals surface area contributed by atoms with Crippen LogP contribution in [0.15, 0.2) is 4.99 Å². The van der Waals surface area contributed by atoms with Gasteiger partial charge in [-0.1, -0.05) is 39.5 Å². The van der Waals surface area contributed by atoms with Crippen LogP contribution in [0.5, 0.6) is 0 Å². The second-order valence-electron chi connectivity index (χ2n) is 5.01. The summed E-state index contributed by atoms with van der Waals surface area (Å²) in [7, 11) is 0. The van der Waals surface area contributed by atoms with Crippen molar-refractivity contribution in [3.05, 3.63) is 0 Å². The van der Waals surface area contributed by atoms with Crippen molar-refractivity contribution >= 4 is 5.96 Å². The molecule has 0 radical (unpaired) electrons. The van der Waals surface area contributed by atoms with Crippen molar-refractivity contribution in [3.63, 3.8) is 0 Å². The average Bonchev–Trinajstić information content (AvgIpc) is 2.38. The molecule has 100 valence electrons. The minimum absolute atomic E-state index is 0.546. The minimum Gasteiger partial charge on any atom is -0.353 e. The molecule has 0 aromatic carbocycles. The van der Waals surface area contributed by atoms with Crippen molar-refractivity contribution in [1.82, 2.24) is 10.7 Å². The molecule has 1 rings (SSSR count). The number of nitrogens with two attached hydrogens (primary N) is 1. The highest BCUT2D eigenvalue weighted by Gasteiger charge is 2.21. The summed E-state index contributed by atoms with van der Waals surface area (Å²) in [5, 5.41) is 3.44. The van der Waals surface area contributed by atoms with Gasteiger partial charge in [-0.15, -0.1) is 0 Å². The Balaban J connectivity index is 2.36. The molecule has 2 atom stereocenters. The summed E-state index contributed by atoms with van der Waals surface area (Å²) in [4.78, 5) is 4.45. The van der Waals surface area contributed by atoms with E-state index in [2.05, 4.69) is 29.6 Å². The number of aliphatic imine (C=N–C) groups is 1. The van der Waals surface area contributed by atoms with Crippen LogP contribution in [0.1, 0.15) is 58.8 Å². The van der Waals surface area contributed by atoms with Crippen LogP contribution in [-0.2, 0) is 0 Å². The van der Waals surface area contributed by atoms with Crippen LogP contribution in [0.4, 0.5) is 0 Å². The molecule has 1 aliphatic rings. The quantitative estimate of drug-likeness (QED) is 0.227. The molecule has 0 aromatic rings. The van der Waals surface area contributed by atoms with Gasteiger partial charge in [-0.2, -0.15) is 0 Å². The zero-order chi connectivity index (χ0) is 12.5. The van der Waals surface area contributed by atoms with Crippen LogP contribution >= 0.6 is 0 Å². The first-order valence-corrected chi connectivity index (χ1v) is 7.07. The number of hydrogen-bond donors (Lipinski definition) is 3. The predicted molar refractivity (Wildman–Crippen MR) is 73.7 cm³/mol. The van der Waals surface area contributed by atoms with E-state index in [9.17, 15) is 0 Å². The monoisotopic (exact) mass is 240 g/mol. The van der Waals surface area contributed by atoms with Crippen LogP contribution in [0, 0.1) is 5.92 Å². The molecular weight excluding hydrogens is 212 g/mol. The van der Waals surface area contributed by atoms with Gasteiger partial charge in [0.05, 0.1) is 0 Å². The maximum atomic E-state index is 5.50. The van der Waals surface area contributed by atoms with Gasteiger partial charge in [0.2, 0.25) is 5.96 Å². The van der Waals surface area contributed by atoms with Crippen LogP contribution in [0.3, 0.4) is 0 Å². The Morgan fingerprint density at radius 1 is 1.35 bits per heavy atom. The SMILES string of the molecule is CCCCN=C(NN)NC1CCCC(CC)C1. The molecule has 1 aliphatic carbocycles. The van der Waals surface area contributed by atoms with Gasteiger partial charge in [-0.05, 0) is 25.2 Å². The second-order valence-corrected chi connectivity index (χ2v) is 5.01. The van der Waals surface area contributed by atoms with E-state index in [0.717, 1.165) is 24.8 Å². The Hall–Kier alpha value is -0.770. The lowest BCUT2D eigenvalue weighted by Gasteiger charge is -2.29. The predicted octanol–water partition coefficient (Wildman–Crippen LogP) is 2.16. The third-order valence-corrected chi connectivity index (χ3v) is 3.62. The van der Waals surface area contributed by atoms with E-state index < -0.39 is 0 Å². The van der Waals surface area contributed by atoms with Gasteiger partial charge >= 0.3 is 0 Å². The van der Waals surface area contributed by atoms with E-state index in [0.29, 0.717) is 6.04 Å². The zero-order valence-corrected chi connectivity index (χ0v) is 11.3. The molecule has 0 spiro atoms. The zero-order valence-electron chi connectivity index (χ0n) is 11.3. The Morgan fingerprint density at radius 2 is 2.18 bits per heavy atom. The topological polar surface area (TPSA) is 62.4 Å². The van der Waals surface area contributed by atoms with E-state index in [4.69, 9.17) is 5.84 Å². The fraction of sp³-hybridized carbons (Fsp3) is 0.923. The molecule has 0 heterocycles. The molecule has 0 aromatic heterocycles. The highest BCUT2D eigenvalue weighted by Crippen LogP contribution is 2.26. The van der Waals surface area contributed by atoms with E-state index in [1.165, 1.54) is 38.5 Å². The highest BCUT2D eigenvalue weighted by atomic mass is 15.3. The fourth-order valence-corrected chi connectivity index (χ4v) is 2.47. The van der Waals surface area contributed by atoms with Gasteiger partial charge in [0, 0.05) is 12.6 Å². The van der Waals surface area contributed by atoms with Crippen LogP contribution in [0.2, 0.25) is 0 Å². The van der Waals surface area contributed by atoms with Crippen LogP contribution in [0.25, 0.3) is 0 Å². The summed E-state index contributed by atoms with van der Waals surface area (Å²) >= 11 is 0. The van der Waals surface area contributed by atoms with Crippen molar-refractivity contribution in [2.45, 2.75) is 64.8 Å². The molecule has 0 aliphatic heterocycles. The first-order valence-electron chi connectivity index (χ1n) is 7.07. The molecule has 17 heavy (non-hydrogen) atoms. The molecule has 2 unspecified atom stereocenters. The van der Waals surface area contributed by atoms with Crippen LogP contribution < -0.4 is 16.6 Å². The molecule has 1 saturated carbocycles. The Bertz CT molecular complexity index is 227. The van der Waals surface area contributed by atoms with Gasteiger partial charge in [0.15, 0.2) is 0 Å². The van der Waals surface area contributed by atoms with Crippen molar-refractivity contribution in [2.24, 2.45) is 16.8 Å². The van der Waals surface area contributed by atoms with Crippen LogP contribution in [-0.4, -0.2) is 18.5 Å². The Kier molecular flexibility index (Phi) is 7.01. The van der Waals surface area contributed by atoms with Gasteiger partial charge in [-0.25, -0.2) is 5.84 Å². The van der Waals surface area contributed by atoms with Crippen molar-refractivity contribution in [1.29, 1.82) is 0 Å². The summed E-state index contributed by atoms with van der Waals surface area (Å²) in [6.45, 7) is 5.31. The standard InChI is InChI=1S/C13H28N4/c1-3-5-9-15-13(17-14)16-12-8-6-7-11(4-2)10-12/h11-12H,3-10,14H2,1-2H3,(H2,15,16,17). The van der Waals surface area contributed by atoms with Crippen molar-refractivity contribution in [3.8, 4) is 0 Å². The summed E-state index contributed by atoms with van der Waals surface area (Å²) in [6, 6.07) is 0.546. The minimum atomic E-state index is 0.546. The molecule has 0 amide bonds. The lowest BCUT2D eigenvalue weighted by Crippen LogP contribution is -2.47. The Labute approximate surface area is 105 Å². The Morgan fingerprint density at radius 3 is 2.82 bits per heavy atom. The van der Waals surface area contributed by atoms with Crippen molar-refractivity contribution in [2.75, 3.05) is 6.54 Å². The normalized spacial score (nSPS) is 25.7. The molecule has 4 nitrogen and oxygen atoms in total. The second kappa shape index (κ2) is 8.34. The number of hydrogen-bond acceptors (Lipinski definition) is 2. The third kappa shape index (κ3) is 5.39. The molecule has 0 saturated heterocycles. The number of hydrazine groups is 1. The lowest BCUT2D eigenvalue weighted by molar-refractivity contribution is 0.298. The van der Waals surface area contributed by atoms with E-state index in [1.807, 2.05) is 0 Å². The highest BCUT2D eigenvalue weighted by molar-refractivity contribution is 5.79. The average molecular weight is 240 g/mol. The summed E-state index contributed by atoms with van der Waals surface area (Å²) in [5.41, 5.74) is 2.68. The fourth-order valence-electron chi connectivity index (χ4n) is 2.47. The number of nitrogens with zero attached hydrogens (tertiary/aromatic N) is 1. The summed E-state index contributed by atoms with van der Waals surface area (Å²) < 4.78 is 0. The summed E-state index contributed by atoms with van der Waals surface area (Å²) in [5.74, 6) is 7.13. The summed E-state index contributed by atoms with van der Waals surface area (Å²) in [6.07, 6.45) is 8.78. The first kappa shape index (κ1) is 14.3. The smallest absolute Gasteiger partial charge is 0.205 e. The maximum absolute atomic E-state index is 5.50. The molecular formula is C13H28N4. The lowest BCUT2D eigenvalue weighted by atomic mass is 9.84. The van der Waals surface area contributed by atoms with Gasteiger partial charge in [0.25, 0.3) is 0 Å². The molecule has 4 heteroatoms. The van der Waals surface area contributed by atoms with Crippen molar-refractivity contribution < 1.29 is 0 Å². The number of rotatable bonds is 5. The van der Waals surface area contributed by atoms with E-state index >= 15 is 0 Å². The number of unbranched alkanes of at least 4 members (excludes halogenated alkanes) is 1. The van der Waals surface area contributed by atoms with Gasteiger partial charge < -0.3 is 5.32 Å². The number of nitrogens with one attached hydrogen (secondary N) is 2.